The summed E-state index contributed by atoms with van der Waals surface area (Å²) in [6.45, 7) is 1.67. The zero-order valence-corrected chi connectivity index (χ0v) is 13.9. The Bertz CT molecular complexity index is 461. The molecular formula is C15H20BrClN2O. The van der Waals surface area contributed by atoms with E-state index >= 15 is 0 Å². The average molecular weight is 360 g/mol. The topological polar surface area (TPSA) is 32.3 Å². The van der Waals surface area contributed by atoms with Crippen LogP contribution in [-0.2, 0) is 4.79 Å². The fraction of sp³-hybridized carbons (Fsp3) is 0.400. The first-order valence-corrected chi connectivity index (χ1v) is 7.38. The van der Waals surface area contributed by atoms with Gasteiger partial charge in [0.25, 0.3) is 0 Å². The lowest BCUT2D eigenvalue weighted by atomic mass is 10.1. The Labute approximate surface area is 135 Å². The van der Waals surface area contributed by atoms with Gasteiger partial charge in [-0.2, -0.15) is 0 Å². The van der Waals surface area contributed by atoms with Crippen LogP contribution in [0.15, 0.2) is 34.8 Å². The molecule has 3 nitrogen and oxygen atoms in total. The number of hydrogen-bond donors (Lipinski definition) is 1. The van der Waals surface area contributed by atoms with Crippen LogP contribution in [0.2, 0.25) is 0 Å². The Morgan fingerprint density at radius 3 is 2.75 bits per heavy atom. The molecule has 20 heavy (non-hydrogen) atoms. The molecule has 1 atom stereocenters. The molecule has 0 spiro atoms. The molecule has 1 N–H and O–H groups in total. The molecule has 1 aromatic rings. The van der Waals surface area contributed by atoms with Crippen LogP contribution < -0.4 is 5.32 Å². The van der Waals surface area contributed by atoms with Crippen molar-refractivity contribution in [3.8, 4) is 0 Å². The second kappa shape index (κ2) is 8.45. The van der Waals surface area contributed by atoms with Gasteiger partial charge in [-0.1, -0.05) is 28.1 Å². The molecule has 1 aliphatic rings. The van der Waals surface area contributed by atoms with Crippen LogP contribution in [0.1, 0.15) is 18.4 Å². The highest BCUT2D eigenvalue weighted by Crippen LogP contribution is 2.13. The van der Waals surface area contributed by atoms with Crippen molar-refractivity contribution < 1.29 is 4.79 Å². The van der Waals surface area contributed by atoms with Gasteiger partial charge in [0, 0.05) is 29.7 Å². The van der Waals surface area contributed by atoms with Crippen molar-refractivity contribution in [2.24, 2.45) is 0 Å². The number of benzene rings is 1. The van der Waals surface area contributed by atoms with E-state index in [1.54, 1.807) is 6.08 Å². The fourth-order valence-corrected chi connectivity index (χ4v) is 2.52. The van der Waals surface area contributed by atoms with E-state index < -0.39 is 0 Å². The number of likely N-dealkylation sites (tertiary alicyclic amines) is 1. The number of hydrogen-bond acceptors (Lipinski definition) is 2. The summed E-state index contributed by atoms with van der Waals surface area (Å²) in [5, 5.41) is 3.25. The second-order valence-corrected chi connectivity index (χ2v) is 5.71. The molecule has 1 fully saturated rings. The number of rotatable bonds is 3. The van der Waals surface area contributed by atoms with E-state index in [-0.39, 0.29) is 18.3 Å². The summed E-state index contributed by atoms with van der Waals surface area (Å²) in [5.41, 5.74) is 1.04. The van der Waals surface area contributed by atoms with Gasteiger partial charge < -0.3 is 10.2 Å². The second-order valence-electron chi connectivity index (χ2n) is 4.80. The van der Waals surface area contributed by atoms with Crippen LogP contribution in [0, 0.1) is 0 Å². The van der Waals surface area contributed by atoms with Gasteiger partial charge in [0.05, 0.1) is 0 Å². The third-order valence-corrected chi connectivity index (χ3v) is 3.96. The first-order valence-electron chi connectivity index (χ1n) is 6.59. The van der Waals surface area contributed by atoms with Crippen molar-refractivity contribution in [2.45, 2.75) is 18.9 Å². The van der Waals surface area contributed by atoms with Crippen molar-refractivity contribution in [2.75, 3.05) is 20.1 Å². The summed E-state index contributed by atoms with van der Waals surface area (Å²) in [5.74, 6) is 0.0999. The molecule has 5 heteroatoms. The third kappa shape index (κ3) is 4.93. The normalized spacial score (nSPS) is 18.9. The monoisotopic (exact) mass is 358 g/mol. The highest BCUT2D eigenvalue weighted by atomic mass is 79.9. The summed E-state index contributed by atoms with van der Waals surface area (Å²) in [6.07, 6.45) is 5.76. The number of likely N-dealkylation sites (N-methyl/N-ethyl adjacent to an activating group) is 1. The van der Waals surface area contributed by atoms with E-state index in [1.807, 2.05) is 42.3 Å². The minimum atomic E-state index is 0. The summed E-state index contributed by atoms with van der Waals surface area (Å²) < 4.78 is 1.05. The summed E-state index contributed by atoms with van der Waals surface area (Å²) in [4.78, 5) is 14.0. The Morgan fingerprint density at radius 2 is 2.10 bits per heavy atom. The van der Waals surface area contributed by atoms with E-state index in [0.29, 0.717) is 6.04 Å². The van der Waals surface area contributed by atoms with Gasteiger partial charge in [-0.3, -0.25) is 4.79 Å². The first kappa shape index (κ1) is 17.2. The highest BCUT2D eigenvalue weighted by molar-refractivity contribution is 9.10. The van der Waals surface area contributed by atoms with Crippen molar-refractivity contribution >= 4 is 40.3 Å². The van der Waals surface area contributed by atoms with Crippen molar-refractivity contribution in [1.29, 1.82) is 0 Å². The number of amides is 1. The predicted molar refractivity (Wildman–Crippen MR) is 89.1 cm³/mol. The molecule has 1 amide bonds. The minimum absolute atomic E-state index is 0. The van der Waals surface area contributed by atoms with Crippen molar-refractivity contribution in [3.63, 3.8) is 0 Å². The zero-order chi connectivity index (χ0) is 13.7. The molecule has 1 unspecified atom stereocenters. The molecule has 0 saturated carbocycles. The number of nitrogens with one attached hydrogen (secondary N) is 1. The lowest BCUT2D eigenvalue weighted by molar-refractivity contribution is -0.127. The van der Waals surface area contributed by atoms with Gasteiger partial charge in [-0.05, 0) is 43.7 Å². The van der Waals surface area contributed by atoms with E-state index in [4.69, 9.17) is 0 Å². The SMILES string of the molecule is CNC1CCCN(C(=O)/C=C/c2ccc(Br)cc2)C1.Cl. The maximum absolute atomic E-state index is 12.1. The molecule has 1 saturated heterocycles. The Morgan fingerprint density at radius 1 is 1.40 bits per heavy atom. The lowest BCUT2D eigenvalue weighted by Crippen LogP contribution is -2.46. The molecular weight excluding hydrogens is 340 g/mol. The van der Waals surface area contributed by atoms with E-state index in [0.717, 1.165) is 36.0 Å². The molecule has 0 aromatic heterocycles. The van der Waals surface area contributed by atoms with Crippen LogP contribution in [0.5, 0.6) is 0 Å². The maximum Gasteiger partial charge on any atom is 0.246 e. The number of halogens is 2. The van der Waals surface area contributed by atoms with Gasteiger partial charge >= 0.3 is 0 Å². The van der Waals surface area contributed by atoms with Gasteiger partial charge in [0.1, 0.15) is 0 Å². The number of carbonyl (C=O) groups excluding carboxylic acids is 1. The van der Waals surface area contributed by atoms with Crippen LogP contribution in [0.3, 0.4) is 0 Å². The largest absolute Gasteiger partial charge is 0.338 e. The minimum Gasteiger partial charge on any atom is -0.338 e. The summed E-state index contributed by atoms with van der Waals surface area (Å²) in [7, 11) is 1.95. The fourth-order valence-electron chi connectivity index (χ4n) is 2.26. The van der Waals surface area contributed by atoms with Crippen LogP contribution in [0.4, 0.5) is 0 Å². The van der Waals surface area contributed by atoms with Crippen LogP contribution >= 0.6 is 28.3 Å². The van der Waals surface area contributed by atoms with Crippen LogP contribution in [-0.4, -0.2) is 37.0 Å². The number of piperidine rings is 1. The third-order valence-electron chi connectivity index (χ3n) is 3.43. The van der Waals surface area contributed by atoms with Crippen LogP contribution in [0.25, 0.3) is 6.08 Å². The molecule has 0 bridgehead atoms. The van der Waals surface area contributed by atoms with Gasteiger partial charge in [-0.25, -0.2) is 0 Å². The number of carbonyl (C=O) groups is 1. The molecule has 1 aromatic carbocycles. The van der Waals surface area contributed by atoms with E-state index in [1.165, 1.54) is 0 Å². The summed E-state index contributed by atoms with van der Waals surface area (Å²) in [6, 6.07) is 8.35. The van der Waals surface area contributed by atoms with E-state index in [9.17, 15) is 4.79 Å². The first-order chi connectivity index (χ1) is 9.19. The van der Waals surface area contributed by atoms with Gasteiger partial charge in [0.15, 0.2) is 0 Å². The maximum atomic E-state index is 12.1. The Hall–Kier alpha value is -0.840. The highest BCUT2D eigenvalue weighted by Gasteiger charge is 2.20. The zero-order valence-electron chi connectivity index (χ0n) is 11.5. The lowest BCUT2D eigenvalue weighted by Gasteiger charge is -2.31. The quantitative estimate of drug-likeness (QED) is 0.841. The standard InChI is InChI=1S/C15H19BrN2O.ClH/c1-17-14-3-2-10-18(11-14)15(19)9-6-12-4-7-13(16)8-5-12;/h4-9,14,17H,2-3,10-11H2,1H3;1H/b9-6+;. The van der Waals surface area contributed by atoms with Gasteiger partial charge in [-0.15, -0.1) is 12.4 Å². The molecule has 1 heterocycles. The Balaban J connectivity index is 0.00000200. The van der Waals surface area contributed by atoms with Gasteiger partial charge in [0.2, 0.25) is 5.91 Å². The van der Waals surface area contributed by atoms with Crippen molar-refractivity contribution in [3.05, 3.63) is 40.4 Å². The Kier molecular flexibility index (Phi) is 7.27. The molecule has 2 rings (SSSR count). The summed E-state index contributed by atoms with van der Waals surface area (Å²) >= 11 is 3.40. The smallest absolute Gasteiger partial charge is 0.246 e. The molecule has 110 valence electrons. The molecule has 0 radical (unpaired) electrons. The predicted octanol–water partition coefficient (Wildman–Crippen LogP) is 3.09. The van der Waals surface area contributed by atoms with Crippen molar-refractivity contribution in [1.82, 2.24) is 10.2 Å². The molecule has 0 aliphatic carbocycles. The molecule has 1 aliphatic heterocycles. The van der Waals surface area contributed by atoms with E-state index in [2.05, 4.69) is 21.2 Å². The number of nitrogens with zero attached hydrogens (tertiary/aromatic N) is 1. The average Bonchev–Trinajstić information content (AvgIpc) is 2.46.